The lowest BCUT2D eigenvalue weighted by Crippen LogP contribution is -2.15. The third-order valence-corrected chi connectivity index (χ3v) is 1.99. The maximum Gasteiger partial charge on any atom is 0.214 e. The van der Waals surface area contributed by atoms with E-state index in [2.05, 4.69) is 4.85 Å². The Kier molecular flexibility index (Phi) is 3.25. The summed E-state index contributed by atoms with van der Waals surface area (Å²) in [6.07, 6.45) is 3.40. The molecular formula is C8H13NO. The molecule has 1 aliphatic rings. The molecule has 1 saturated heterocycles. The van der Waals surface area contributed by atoms with Gasteiger partial charge >= 0.3 is 0 Å². The zero-order chi connectivity index (χ0) is 7.23. The molecule has 0 radical (unpaired) electrons. The molecule has 0 unspecified atom stereocenters. The molecule has 0 amide bonds. The van der Waals surface area contributed by atoms with Crippen LogP contribution >= 0.6 is 0 Å². The lowest BCUT2D eigenvalue weighted by Gasteiger charge is -2.19. The molecule has 0 aromatic heterocycles. The van der Waals surface area contributed by atoms with Crippen molar-refractivity contribution in [3.05, 3.63) is 11.4 Å². The van der Waals surface area contributed by atoms with Crippen LogP contribution in [0.2, 0.25) is 0 Å². The van der Waals surface area contributed by atoms with Gasteiger partial charge in [-0.2, -0.15) is 0 Å². The number of rotatable bonds is 2. The summed E-state index contributed by atoms with van der Waals surface area (Å²) in [6, 6.07) is 0. The average Bonchev–Trinajstić information content (AvgIpc) is 2.03. The third kappa shape index (κ3) is 2.36. The van der Waals surface area contributed by atoms with Crippen molar-refractivity contribution in [1.29, 1.82) is 0 Å². The van der Waals surface area contributed by atoms with Crippen LogP contribution in [0, 0.1) is 12.5 Å². The Balaban J connectivity index is 2.09. The zero-order valence-corrected chi connectivity index (χ0v) is 6.18. The third-order valence-electron chi connectivity index (χ3n) is 1.99. The molecule has 1 aliphatic heterocycles. The first-order valence-corrected chi connectivity index (χ1v) is 3.84. The second-order valence-corrected chi connectivity index (χ2v) is 2.73. The van der Waals surface area contributed by atoms with Gasteiger partial charge in [0.2, 0.25) is 6.54 Å². The quantitative estimate of drug-likeness (QED) is 0.531. The van der Waals surface area contributed by atoms with Crippen LogP contribution in [-0.4, -0.2) is 19.8 Å². The van der Waals surface area contributed by atoms with Crippen LogP contribution in [0.4, 0.5) is 0 Å². The summed E-state index contributed by atoms with van der Waals surface area (Å²) in [5.41, 5.74) is 0. The first-order valence-electron chi connectivity index (χ1n) is 3.84. The lowest BCUT2D eigenvalue weighted by molar-refractivity contribution is 0.0652. The van der Waals surface area contributed by atoms with E-state index in [1.54, 1.807) is 0 Å². The van der Waals surface area contributed by atoms with Gasteiger partial charge in [-0.15, -0.1) is 0 Å². The van der Waals surface area contributed by atoms with Gasteiger partial charge < -0.3 is 9.58 Å². The summed E-state index contributed by atoms with van der Waals surface area (Å²) in [5, 5.41) is 0. The number of hydrogen-bond donors (Lipinski definition) is 0. The predicted molar refractivity (Wildman–Crippen MR) is 39.6 cm³/mol. The first kappa shape index (κ1) is 7.56. The fraction of sp³-hybridized carbons (Fsp3) is 0.875. The van der Waals surface area contributed by atoms with E-state index in [9.17, 15) is 0 Å². The minimum Gasteiger partial charge on any atom is -0.381 e. The number of ether oxygens (including phenoxy) is 1. The van der Waals surface area contributed by atoms with E-state index >= 15 is 0 Å². The van der Waals surface area contributed by atoms with Crippen molar-refractivity contribution in [2.24, 2.45) is 5.92 Å². The van der Waals surface area contributed by atoms with Crippen molar-refractivity contribution >= 4 is 0 Å². The van der Waals surface area contributed by atoms with Gasteiger partial charge in [0.05, 0.1) is 0 Å². The molecule has 1 fully saturated rings. The van der Waals surface area contributed by atoms with Crippen molar-refractivity contribution in [3.63, 3.8) is 0 Å². The van der Waals surface area contributed by atoms with Gasteiger partial charge in [-0.3, -0.25) is 0 Å². The average molecular weight is 139 g/mol. The van der Waals surface area contributed by atoms with Gasteiger partial charge in [-0.1, -0.05) is 0 Å². The van der Waals surface area contributed by atoms with E-state index in [0.29, 0.717) is 6.54 Å². The second kappa shape index (κ2) is 4.29. The largest absolute Gasteiger partial charge is 0.381 e. The van der Waals surface area contributed by atoms with Crippen molar-refractivity contribution in [3.8, 4) is 0 Å². The van der Waals surface area contributed by atoms with Gasteiger partial charge in [0.1, 0.15) is 0 Å². The highest BCUT2D eigenvalue weighted by atomic mass is 16.5. The highest BCUT2D eigenvalue weighted by molar-refractivity contribution is 4.68. The minimum absolute atomic E-state index is 0.699. The summed E-state index contributed by atoms with van der Waals surface area (Å²) in [5.74, 6) is 0.767. The molecule has 0 aromatic rings. The minimum atomic E-state index is 0.699. The Morgan fingerprint density at radius 2 is 2.10 bits per heavy atom. The Labute approximate surface area is 62.0 Å². The van der Waals surface area contributed by atoms with Crippen molar-refractivity contribution in [1.82, 2.24) is 0 Å². The monoisotopic (exact) mass is 139 g/mol. The van der Waals surface area contributed by atoms with E-state index in [1.807, 2.05) is 0 Å². The van der Waals surface area contributed by atoms with E-state index in [4.69, 9.17) is 11.3 Å². The van der Waals surface area contributed by atoms with Gasteiger partial charge in [0.25, 0.3) is 0 Å². The lowest BCUT2D eigenvalue weighted by atomic mass is 9.97. The zero-order valence-electron chi connectivity index (χ0n) is 6.18. The number of hydrogen-bond acceptors (Lipinski definition) is 1. The van der Waals surface area contributed by atoms with Gasteiger partial charge in [-0.25, -0.2) is 6.57 Å². The highest BCUT2D eigenvalue weighted by Crippen LogP contribution is 2.17. The molecule has 1 heterocycles. The molecule has 0 aromatic carbocycles. The van der Waals surface area contributed by atoms with Crippen LogP contribution in [0.1, 0.15) is 19.3 Å². The van der Waals surface area contributed by atoms with Gasteiger partial charge in [0.15, 0.2) is 0 Å². The van der Waals surface area contributed by atoms with E-state index in [1.165, 1.54) is 0 Å². The summed E-state index contributed by atoms with van der Waals surface area (Å²) in [4.78, 5) is 3.34. The molecule has 1 rings (SSSR count). The van der Waals surface area contributed by atoms with Crippen LogP contribution in [-0.2, 0) is 4.74 Å². The van der Waals surface area contributed by atoms with Crippen molar-refractivity contribution < 1.29 is 4.74 Å². The topological polar surface area (TPSA) is 13.6 Å². The maximum atomic E-state index is 6.62. The summed E-state index contributed by atoms with van der Waals surface area (Å²) in [6.45, 7) is 9.12. The summed E-state index contributed by atoms with van der Waals surface area (Å²) < 4.78 is 5.20. The fourth-order valence-electron chi connectivity index (χ4n) is 1.28. The van der Waals surface area contributed by atoms with Crippen LogP contribution in [0.5, 0.6) is 0 Å². The van der Waals surface area contributed by atoms with Crippen molar-refractivity contribution in [2.75, 3.05) is 19.8 Å². The number of nitrogens with zero attached hydrogens (tertiary/aromatic N) is 1. The Hall–Kier alpha value is -0.550. The van der Waals surface area contributed by atoms with Crippen LogP contribution in [0.3, 0.4) is 0 Å². The van der Waals surface area contributed by atoms with Crippen LogP contribution in [0.15, 0.2) is 0 Å². The van der Waals surface area contributed by atoms with Crippen LogP contribution < -0.4 is 0 Å². The molecule has 0 N–H and O–H groups in total. The Bertz CT molecular complexity index is 122. The molecule has 10 heavy (non-hydrogen) atoms. The standard InChI is InChI=1S/C8H13NO/c1-9-5-2-8-3-6-10-7-4-8/h8H,2-7H2. The van der Waals surface area contributed by atoms with E-state index < -0.39 is 0 Å². The Morgan fingerprint density at radius 1 is 1.40 bits per heavy atom. The Morgan fingerprint density at radius 3 is 2.70 bits per heavy atom. The molecule has 0 saturated carbocycles. The van der Waals surface area contributed by atoms with Gasteiger partial charge in [0, 0.05) is 19.6 Å². The fourth-order valence-corrected chi connectivity index (χ4v) is 1.28. The molecule has 2 nitrogen and oxygen atoms in total. The molecule has 0 aliphatic carbocycles. The maximum absolute atomic E-state index is 6.62. The molecule has 0 spiro atoms. The van der Waals surface area contributed by atoms with Crippen LogP contribution in [0.25, 0.3) is 4.85 Å². The normalized spacial score (nSPS) is 20.3. The summed E-state index contributed by atoms with van der Waals surface area (Å²) >= 11 is 0. The smallest absolute Gasteiger partial charge is 0.214 e. The highest BCUT2D eigenvalue weighted by Gasteiger charge is 2.13. The van der Waals surface area contributed by atoms with Crippen molar-refractivity contribution in [2.45, 2.75) is 19.3 Å². The van der Waals surface area contributed by atoms with Gasteiger partial charge in [-0.05, 0) is 18.8 Å². The molecule has 2 heteroatoms. The van der Waals surface area contributed by atoms with E-state index in [-0.39, 0.29) is 0 Å². The molecular weight excluding hydrogens is 126 g/mol. The predicted octanol–water partition coefficient (Wildman–Crippen LogP) is 1.72. The summed E-state index contributed by atoms with van der Waals surface area (Å²) in [7, 11) is 0. The molecule has 0 atom stereocenters. The molecule has 0 bridgehead atoms. The first-order chi connectivity index (χ1) is 4.93. The molecule has 56 valence electrons. The SMILES string of the molecule is [C-]#[N+]CCC1CCOCC1. The van der Waals surface area contributed by atoms with E-state index in [0.717, 1.165) is 38.4 Å². The second-order valence-electron chi connectivity index (χ2n) is 2.73.